The van der Waals surface area contributed by atoms with E-state index in [0.29, 0.717) is 6.04 Å². The van der Waals surface area contributed by atoms with E-state index in [1.54, 1.807) is 0 Å². The number of benzene rings is 1. The minimum Gasteiger partial charge on any atom is -0.493 e. The molecule has 1 aliphatic heterocycles. The first kappa shape index (κ1) is 13.4. The fraction of sp³-hybridized carbons (Fsp3) is 0.625. The average molecular weight is 324 g/mol. The number of hydrogen-bond donors (Lipinski definition) is 1. The zero-order chi connectivity index (χ0) is 13.1. The second kappa shape index (κ2) is 6.27. The monoisotopic (exact) mass is 323 g/mol. The van der Waals surface area contributed by atoms with Crippen molar-refractivity contribution >= 4 is 15.9 Å². The van der Waals surface area contributed by atoms with Gasteiger partial charge in [0.25, 0.3) is 0 Å². The van der Waals surface area contributed by atoms with E-state index in [4.69, 9.17) is 4.74 Å². The predicted molar refractivity (Wildman–Crippen MR) is 81.7 cm³/mol. The van der Waals surface area contributed by atoms with Crippen molar-refractivity contribution in [3.05, 3.63) is 28.2 Å². The lowest BCUT2D eigenvalue weighted by atomic mass is 9.97. The highest BCUT2D eigenvalue weighted by Gasteiger charge is 2.23. The van der Waals surface area contributed by atoms with Crippen LogP contribution in [-0.2, 0) is 6.42 Å². The molecule has 1 aromatic carbocycles. The van der Waals surface area contributed by atoms with Gasteiger partial charge in [-0.2, -0.15) is 0 Å². The Balaban J connectivity index is 1.67. The maximum atomic E-state index is 6.01. The molecule has 3 rings (SSSR count). The Morgan fingerprint density at radius 2 is 2.11 bits per heavy atom. The van der Waals surface area contributed by atoms with Crippen molar-refractivity contribution in [3.8, 4) is 5.75 Å². The van der Waals surface area contributed by atoms with Gasteiger partial charge in [-0.3, -0.25) is 0 Å². The summed E-state index contributed by atoms with van der Waals surface area (Å²) in [5.41, 5.74) is 1.34. The minimum atomic E-state index is 0.617. The van der Waals surface area contributed by atoms with Crippen molar-refractivity contribution in [2.45, 2.75) is 44.6 Å². The van der Waals surface area contributed by atoms with Crippen molar-refractivity contribution < 1.29 is 4.74 Å². The van der Waals surface area contributed by atoms with Crippen molar-refractivity contribution in [1.82, 2.24) is 5.32 Å². The second-order valence-electron chi connectivity index (χ2n) is 5.86. The predicted octanol–water partition coefficient (Wildman–Crippen LogP) is 3.92. The Morgan fingerprint density at radius 3 is 2.84 bits per heavy atom. The van der Waals surface area contributed by atoms with Gasteiger partial charge in [-0.15, -0.1) is 0 Å². The fourth-order valence-electron chi connectivity index (χ4n) is 2.70. The molecule has 2 aliphatic rings. The molecule has 0 spiro atoms. The van der Waals surface area contributed by atoms with Crippen LogP contribution in [0.15, 0.2) is 22.7 Å². The molecule has 0 amide bonds. The number of halogens is 1. The summed E-state index contributed by atoms with van der Waals surface area (Å²) in [6, 6.07) is 7.04. The number of ether oxygens (including phenoxy) is 1. The van der Waals surface area contributed by atoms with Crippen LogP contribution >= 0.6 is 15.9 Å². The van der Waals surface area contributed by atoms with Gasteiger partial charge in [-0.1, -0.05) is 22.4 Å². The molecule has 1 saturated heterocycles. The lowest BCUT2D eigenvalue weighted by Gasteiger charge is -2.24. The van der Waals surface area contributed by atoms with Crippen molar-refractivity contribution in [1.29, 1.82) is 0 Å². The van der Waals surface area contributed by atoms with Gasteiger partial charge >= 0.3 is 0 Å². The Bertz CT molecular complexity index is 425. The van der Waals surface area contributed by atoms with Gasteiger partial charge in [0, 0.05) is 10.5 Å². The molecule has 1 aromatic rings. The third-order valence-electron chi connectivity index (χ3n) is 4.07. The zero-order valence-corrected chi connectivity index (χ0v) is 12.9. The van der Waals surface area contributed by atoms with Crippen molar-refractivity contribution in [2.75, 3.05) is 13.2 Å². The smallest absolute Gasteiger partial charge is 0.122 e. The van der Waals surface area contributed by atoms with E-state index in [-0.39, 0.29) is 0 Å². The van der Waals surface area contributed by atoms with Crippen LogP contribution in [-0.4, -0.2) is 19.2 Å². The summed E-state index contributed by atoms with van der Waals surface area (Å²) in [5.74, 6) is 1.90. The molecule has 1 unspecified atom stereocenters. The van der Waals surface area contributed by atoms with Gasteiger partial charge in [0.2, 0.25) is 0 Å². The zero-order valence-electron chi connectivity index (χ0n) is 11.3. The molecule has 2 fully saturated rings. The highest BCUT2D eigenvalue weighted by Crippen LogP contribution is 2.31. The van der Waals surface area contributed by atoms with Crippen LogP contribution in [0, 0.1) is 5.92 Å². The highest BCUT2D eigenvalue weighted by molar-refractivity contribution is 9.10. The first-order valence-corrected chi connectivity index (χ1v) is 8.25. The molecule has 104 valence electrons. The van der Waals surface area contributed by atoms with Gasteiger partial charge in [0.15, 0.2) is 0 Å². The van der Waals surface area contributed by atoms with Crippen LogP contribution < -0.4 is 10.1 Å². The van der Waals surface area contributed by atoms with Gasteiger partial charge in [-0.05, 0) is 68.3 Å². The largest absolute Gasteiger partial charge is 0.493 e. The summed E-state index contributed by atoms with van der Waals surface area (Å²) in [4.78, 5) is 0. The van der Waals surface area contributed by atoms with Crippen LogP contribution in [0.2, 0.25) is 0 Å². The summed E-state index contributed by atoms with van der Waals surface area (Å²) in [6.07, 6.45) is 7.73. The van der Waals surface area contributed by atoms with Gasteiger partial charge in [0.1, 0.15) is 5.75 Å². The van der Waals surface area contributed by atoms with Crippen LogP contribution in [0.25, 0.3) is 0 Å². The third kappa shape index (κ3) is 3.96. The number of nitrogens with one attached hydrogen (secondary N) is 1. The highest BCUT2D eigenvalue weighted by atomic mass is 79.9. The van der Waals surface area contributed by atoms with E-state index < -0.39 is 0 Å². The Hall–Kier alpha value is -0.540. The summed E-state index contributed by atoms with van der Waals surface area (Å²) in [5, 5.41) is 3.62. The molecule has 1 heterocycles. The first-order valence-electron chi connectivity index (χ1n) is 7.46. The fourth-order valence-corrected chi connectivity index (χ4v) is 3.11. The maximum Gasteiger partial charge on any atom is 0.122 e. The van der Waals surface area contributed by atoms with E-state index in [1.165, 1.54) is 37.7 Å². The maximum absolute atomic E-state index is 6.01. The quantitative estimate of drug-likeness (QED) is 0.886. The van der Waals surface area contributed by atoms with Crippen molar-refractivity contribution in [2.24, 2.45) is 5.92 Å². The molecule has 0 bridgehead atoms. The molecule has 2 nitrogen and oxygen atoms in total. The van der Waals surface area contributed by atoms with Gasteiger partial charge in [0.05, 0.1) is 6.61 Å². The molecule has 1 aliphatic carbocycles. The Kier molecular flexibility index (Phi) is 4.44. The SMILES string of the molecule is Brc1ccc(OCC2CC2)c(CC2CCCCN2)c1. The Labute approximate surface area is 124 Å². The second-order valence-corrected chi connectivity index (χ2v) is 6.77. The molecule has 1 saturated carbocycles. The molecular formula is C16H22BrNO. The summed E-state index contributed by atoms with van der Waals surface area (Å²) < 4.78 is 7.16. The number of hydrogen-bond acceptors (Lipinski definition) is 2. The molecule has 3 heteroatoms. The van der Waals surface area contributed by atoms with E-state index in [2.05, 4.69) is 39.4 Å². The van der Waals surface area contributed by atoms with Gasteiger partial charge < -0.3 is 10.1 Å². The van der Waals surface area contributed by atoms with E-state index in [0.717, 1.165) is 35.7 Å². The average Bonchev–Trinajstić information content (AvgIpc) is 3.23. The molecule has 0 aromatic heterocycles. The first-order chi connectivity index (χ1) is 9.31. The molecular weight excluding hydrogens is 302 g/mol. The number of rotatable bonds is 5. The summed E-state index contributed by atoms with van der Waals surface area (Å²) in [7, 11) is 0. The lowest BCUT2D eigenvalue weighted by molar-refractivity contribution is 0.294. The van der Waals surface area contributed by atoms with E-state index in [1.807, 2.05) is 0 Å². The van der Waals surface area contributed by atoms with Gasteiger partial charge in [-0.25, -0.2) is 0 Å². The molecule has 19 heavy (non-hydrogen) atoms. The third-order valence-corrected chi connectivity index (χ3v) is 4.57. The summed E-state index contributed by atoms with van der Waals surface area (Å²) >= 11 is 3.58. The minimum absolute atomic E-state index is 0.617. The molecule has 1 atom stereocenters. The van der Waals surface area contributed by atoms with Crippen LogP contribution in [0.5, 0.6) is 5.75 Å². The van der Waals surface area contributed by atoms with E-state index in [9.17, 15) is 0 Å². The van der Waals surface area contributed by atoms with Crippen LogP contribution in [0.3, 0.4) is 0 Å². The van der Waals surface area contributed by atoms with Crippen LogP contribution in [0.4, 0.5) is 0 Å². The Morgan fingerprint density at radius 1 is 1.21 bits per heavy atom. The van der Waals surface area contributed by atoms with E-state index >= 15 is 0 Å². The van der Waals surface area contributed by atoms with Crippen LogP contribution in [0.1, 0.15) is 37.7 Å². The topological polar surface area (TPSA) is 21.3 Å². The van der Waals surface area contributed by atoms with Crippen molar-refractivity contribution in [3.63, 3.8) is 0 Å². The molecule has 0 radical (unpaired) electrons. The molecule has 1 N–H and O–H groups in total. The number of piperidine rings is 1. The summed E-state index contributed by atoms with van der Waals surface area (Å²) in [6.45, 7) is 2.06. The normalized spacial score (nSPS) is 23.3. The standard InChI is InChI=1S/C16H22BrNO/c17-14-6-7-16(19-11-12-4-5-12)13(9-14)10-15-3-1-2-8-18-15/h6-7,9,12,15,18H,1-5,8,10-11H2. The lowest BCUT2D eigenvalue weighted by Crippen LogP contribution is -2.35.